The number of rotatable bonds is 8. The molecule has 0 unspecified atom stereocenters. The van der Waals surface area contributed by atoms with Crippen LogP contribution in [0.15, 0.2) is 34.9 Å². The summed E-state index contributed by atoms with van der Waals surface area (Å²) >= 11 is 6.17. The average Bonchev–Trinajstić information content (AvgIpc) is 3.45. The van der Waals surface area contributed by atoms with Crippen molar-refractivity contribution in [2.45, 2.75) is 25.9 Å². The van der Waals surface area contributed by atoms with E-state index >= 15 is 0 Å². The van der Waals surface area contributed by atoms with Crippen molar-refractivity contribution in [1.82, 2.24) is 19.7 Å². The van der Waals surface area contributed by atoms with Gasteiger partial charge in [0.05, 0.1) is 19.8 Å². The van der Waals surface area contributed by atoms with Crippen LogP contribution in [0.1, 0.15) is 34.8 Å². The van der Waals surface area contributed by atoms with Crippen LogP contribution < -0.4 is 0 Å². The van der Waals surface area contributed by atoms with Crippen molar-refractivity contribution in [3.05, 3.63) is 52.7 Å². The minimum Gasteiger partial charge on any atom is -0.447 e. The SMILES string of the molecule is O=C(c1coc(CN(CCN2CCOCC2)Cc2cccc(Cl)c2)n1)N1CCCC1. The van der Waals surface area contributed by atoms with E-state index in [2.05, 4.69) is 20.9 Å². The first-order valence-corrected chi connectivity index (χ1v) is 11.1. The van der Waals surface area contributed by atoms with E-state index in [0.717, 1.165) is 82.5 Å². The van der Waals surface area contributed by atoms with Crippen LogP contribution in [0.2, 0.25) is 5.02 Å². The normalized spacial score (nSPS) is 17.7. The maximum atomic E-state index is 12.6. The smallest absolute Gasteiger partial charge is 0.275 e. The lowest BCUT2D eigenvalue weighted by Crippen LogP contribution is -2.41. The molecule has 2 fully saturated rings. The first-order chi connectivity index (χ1) is 14.7. The molecule has 4 rings (SSSR count). The van der Waals surface area contributed by atoms with Gasteiger partial charge in [-0.2, -0.15) is 0 Å². The highest BCUT2D eigenvalue weighted by atomic mass is 35.5. The third-order valence-electron chi connectivity index (χ3n) is 5.65. The Hall–Kier alpha value is -1.93. The largest absolute Gasteiger partial charge is 0.447 e. The molecule has 0 N–H and O–H groups in total. The molecule has 8 heteroatoms. The number of benzene rings is 1. The minimum absolute atomic E-state index is 0.0304. The number of halogens is 1. The Bertz CT molecular complexity index is 831. The highest BCUT2D eigenvalue weighted by Gasteiger charge is 2.23. The maximum absolute atomic E-state index is 12.6. The molecule has 0 atom stereocenters. The van der Waals surface area contributed by atoms with Crippen LogP contribution in [0.5, 0.6) is 0 Å². The lowest BCUT2D eigenvalue weighted by Gasteiger charge is -2.29. The molecule has 0 bridgehead atoms. The fourth-order valence-corrected chi connectivity index (χ4v) is 4.18. The van der Waals surface area contributed by atoms with Gasteiger partial charge in [-0.1, -0.05) is 23.7 Å². The summed E-state index contributed by atoms with van der Waals surface area (Å²) in [7, 11) is 0. The number of amides is 1. The first kappa shape index (κ1) is 21.3. The molecule has 0 radical (unpaired) electrons. The van der Waals surface area contributed by atoms with E-state index in [-0.39, 0.29) is 5.91 Å². The summed E-state index contributed by atoms with van der Waals surface area (Å²) in [5, 5.41) is 0.732. The molecule has 0 spiro atoms. The third kappa shape index (κ3) is 5.82. The Morgan fingerprint density at radius 2 is 1.93 bits per heavy atom. The van der Waals surface area contributed by atoms with Crippen LogP contribution in [0.4, 0.5) is 0 Å². The van der Waals surface area contributed by atoms with Crippen LogP contribution in [0, 0.1) is 0 Å². The molecule has 2 aliphatic rings. The molecule has 7 nitrogen and oxygen atoms in total. The highest BCUT2D eigenvalue weighted by Crippen LogP contribution is 2.16. The second-order valence-corrected chi connectivity index (χ2v) is 8.36. The number of aromatic nitrogens is 1. The van der Waals surface area contributed by atoms with Gasteiger partial charge in [-0.15, -0.1) is 0 Å². The predicted octanol–water partition coefficient (Wildman–Crippen LogP) is 2.90. The van der Waals surface area contributed by atoms with Gasteiger partial charge in [0.15, 0.2) is 5.69 Å². The lowest BCUT2D eigenvalue weighted by atomic mass is 10.2. The Morgan fingerprint density at radius 3 is 2.70 bits per heavy atom. The summed E-state index contributed by atoms with van der Waals surface area (Å²) in [5.74, 6) is 0.541. The number of oxazole rings is 1. The molecule has 2 saturated heterocycles. The van der Waals surface area contributed by atoms with E-state index in [1.54, 1.807) is 0 Å². The lowest BCUT2D eigenvalue weighted by molar-refractivity contribution is 0.0320. The highest BCUT2D eigenvalue weighted by molar-refractivity contribution is 6.30. The zero-order chi connectivity index (χ0) is 20.8. The second-order valence-electron chi connectivity index (χ2n) is 7.92. The number of carbonyl (C=O) groups excluding carboxylic acids is 1. The van der Waals surface area contributed by atoms with Gasteiger partial charge in [0.2, 0.25) is 5.89 Å². The molecule has 0 aliphatic carbocycles. The number of hydrogen-bond acceptors (Lipinski definition) is 6. The van der Waals surface area contributed by atoms with Gasteiger partial charge in [-0.3, -0.25) is 14.6 Å². The number of carbonyl (C=O) groups is 1. The molecule has 0 saturated carbocycles. The minimum atomic E-state index is -0.0304. The van der Waals surface area contributed by atoms with E-state index < -0.39 is 0 Å². The standard InChI is InChI=1S/C22H29ClN4O3/c23-19-5-3-4-18(14-19)15-26(9-8-25-10-12-29-13-11-25)16-21-24-20(17-30-21)22(28)27-6-1-2-7-27/h3-5,14,17H,1-2,6-13,15-16H2. The van der Waals surface area contributed by atoms with Crippen molar-refractivity contribution in [2.24, 2.45) is 0 Å². The monoisotopic (exact) mass is 432 g/mol. The van der Waals surface area contributed by atoms with Crippen molar-refractivity contribution in [2.75, 3.05) is 52.5 Å². The first-order valence-electron chi connectivity index (χ1n) is 10.7. The van der Waals surface area contributed by atoms with Gasteiger partial charge in [0.25, 0.3) is 5.91 Å². The van der Waals surface area contributed by atoms with Gasteiger partial charge >= 0.3 is 0 Å². The van der Waals surface area contributed by atoms with Crippen molar-refractivity contribution in [1.29, 1.82) is 0 Å². The van der Waals surface area contributed by atoms with Crippen molar-refractivity contribution < 1.29 is 13.9 Å². The number of nitrogens with zero attached hydrogens (tertiary/aromatic N) is 4. The molecule has 3 heterocycles. The predicted molar refractivity (Wildman–Crippen MR) is 114 cm³/mol. The quantitative estimate of drug-likeness (QED) is 0.639. The Labute approximate surface area is 182 Å². The fraction of sp³-hybridized carbons (Fsp3) is 0.545. The van der Waals surface area contributed by atoms with Crippen LogP contribution >= 0.6 is 11.6 Å². The zero-order valence-electron chi connectivity index (χ0n) is 17.3. The fourth-order valence-electron chi connectivity index (χ4n) is 3.97. The van der Waals surface area contributed by atoms with E-state index in [9.17, 15) is 4.79 Å². The number of hydrogen-bond donors (Lipinski definition) is 0. The summed E-state index contributed by atoms with van der Waals surface area (Å²) in [6.45, 7) is 8.20. The third-order valence-corrected chi connectivity index (χ3v) is 5.89. The Balaban J connectivity index is 1.41. The maximum Gasteiger partial charge on any atom is 0.275 e. The summed E-state index contributed by atoms with van der Waals surface area (Å²) in [5.41, 5.74) is 1.55. The summed E-state index contributed by atoms with van der Waals surface area (Å²) in [6, 6.07) is 7.91. The van der Waals surface area contributed by atoms with Gasteiger partial charge in [-0.25, -0.2) is 4.98 Å². The molecule has 1 aromatic carbocycles. The summed E-state index contributed by atoms with van der Waals surface area (Å²) in [4.78, 5) is 23.6. The summed E-state index contributed by atoms with van der Waals surface area (Å²) in [6.07, 6.45) is 3.62. The van der Waals surface area contributed by atoms with E-state index in [4.69, 9.17) is 20.8 Å². The van der Waals surface area contributed by atoms with E-state index in [0.29, 0.717) is 18.1 Å². The molecule has 1 amide bonds. The van der Waals surface area contributed by atoms with Gasteiger partial charge in [0, 0.05) is 50.8 Å². The van der Waals surface area contributed by atoms with Crippen LogP contribution in [0.25, 0.3) is 0 Å². The molecule has 162 valence electrons. The van der Waals surface area contributed by atoms with Gasteiger partial charge < -0.3 is 14.1 Å². The Morgan fingerprint density at radius 1 is 1.13 bits per heavy atom. The number of morpholine rings is 1. The number of ether oxygens (including phenoxy) is 1. The van der Waals surface area contributed by atoms with E-state index in [1.807, 2.05) is 23.1 Å². The van der Waals surface area contributed by atoms with Crippen LogP contribution in [-0.2, 0) is 17.8 Å². The topological polar surface area (TPSA) is 62.1 Å². The number of likely N-dealkylation sites (tertiary alicyclic amines) is 1. The van der Waals surface area contributed by atoms with Gasteiger partial charge in [0.1, 0.15) is 6.26 Å². The molecular formula is C22H29ClN4O3. The summed E-state index contributed by atoms with van der Waals surface area (Å²) < 4.78 is 11.1. The second kappa shape index (κ2) is 10.4. The zero-order valence-corrected chi connectivity index (χ0v) is 18.0. The Kier molecular flexibility index (Phi) is 7.38. The molecule has 30 heavy (non-hydrogen) atoms. The molecule has 2 aliphatic heterocycles. The van der Waals surface area contributed by atoms with Crippen molar-refractivity contribution in [3.63, 3.8) is 0 Å². The van der Waals surface area contributed by atoms with Crippen LogP contribution in [0.3, 0.4) is 0 Å². The van der Waals surface area contributed by atoms with Gasteiger partial charge in [-0.05, 0) is 30.5 Å². The van der Waals surface area contributed by atoms with E-state index in [1.165, 1.54) is 6.26 Å². The molecular weight excluding hydrogens is 404 g/mol. The average molecular weight is 433 g/mol. The van der Waals surface area contributed by atoms with Crippen molar-refractivity contribution in [3.8, 4) is 0 Å². The molecule has 1 aromatic heterocycles. The van der Waals surface area contributed by atoms with Crippen LogP contribution in [-0.4, -0.2) is 78.1 Å². The molecule has 2 aromatic rings. The van der Waals surface area contributed by atoms with Crippen molar-refractivity contribution >= 4 is 17.5 Å².